The van der Waals surface area contributed by atoms with E-state index in [-0.39, 0.29) is 11.2 Å². The molecule has 0 fully saturated rings. The van der Waals surface area contributed by atoms with Gasteiger partial charge < -0.3 is 13.9 Å². The number of rotatable bonds is 5. The Balaban J connectivity index is 0.000000368. The first kappa shape index (κ1) is 17.3. The molecule has 0 saturated carbocycles. The van der Waals surface area contributed by atoms with Crippen LogP contribution in [0.15, 0.2) is 70.1 Å². The summed E-state index contributed by atoms with van der Waals surface area (Å²) in [7, 11) is 0. The summed E-state index contributed by atoms with van der Waals surface area (Å²) in [6, 6.07) is 16.8. The summed E-state index contributed by atoms with van der Waals surface area (Å²) in [6.07, 6.45) is 1.37. The smallest absolute Gasteiger partial charge is 0.293 e. The van der Waals surface area contributed by atoms with Gasteiger partial charge in [0.15, 0.2) is 0 Å². The molecular formula is C19H18O5. The minimum atomic E-state index is -0.141. The van der Waals surface area contributed by atoms with Gasteiger partial charge in [0.1, 0.15) is 18.5 Å². The Morgan fingerprint density at radius 1 is 1.04 bits per heavy atom. The molecule has 0 bridgehead atoms. The van der Waals surface area contributed by atoms with Crippen LogP contribution in [0.4, 0.5) is 0 Å². The van der Waals surface area contributed by atoms with Gasteiger partial charge >= 0.3 is 0 Å². The maximum Gasteiger partial charge on any atom is 0.293 e. The fraction of sp³-hybridized carbons (Fsp3) is 0.158. The van der Waals surface area contributed by atoms with Crippen LogP contribution >= 0.6 is 0 Å². The molecule has 0 radical (unpaired) electrons. The van der Waals surface area contributed by atoms with Crippen molar-refractivity contribution in [2.75, 3.05) is 6.61 Å². The number of carbonyl (C=O) groups is 1. The molecule has 0 unspecified atom stereocenters. The maximum absolute atomic E-state index is 12.2. The van der Waals surface area contributed by atoms with E-state index in [0.29, 0.717) is 30.7 Å². The third-order valence-corrected chi connectivity index (χ3v) is 3.12. The Bertz CT molecular complexity index is 824. The molecule has 24 heavy (non-hydrogen) atoms. The Morgan fingerprint density at radius 2 is 1.75 bits per heavy atom. The lowest BCUT2D eigenvalue weighted by molar-refractivity contribution is -0.128. The van der Waals surface area contributed by atoms with E-state index in [9.17, 15) is 9.59 Å². The van der Waals surface area contributed by atoms with Gasteiger partial charge in [-0.15, -0.1) is 0 Å². The van der Waals surface area contributed by atoms with Crippen LogP contribution in [0.25, 0.3) is 11.0 Å². The molecule has 1 heterocycles. The predicted octanol–water partition coefficient (Wildman–Crippen LogP) is 3.55. The molecular weight excluding hydrogens is 308 g/mol. The van der Waals surface area contributed by atoms with Crippen LogP contribution in [0.3, 0.4) is 0 Å². The van der Waals surface area contributed by atoms with Gasteiger partial charge in [-0.2, -0.15) is 0 Å². The van der Waals surface area contributed by atoms with Gasteiger partial charge in [-0.1, -0.05) is 42.5 Å². The van der Waals surface area contributed by atoms with Crippen molar-refractivity contribution < 1.29 is 18.7 Å². The fourth-order valence-corrected chi connectivity index (χ4v) is 1.96. The Kier molecular flexibility index (Phi) is 6.58. The largest absolute Gasteiger partial charge is 0.482 e. The molecule has 5 heteroatoms. The first-order valence-corrected chi connectivity index (χ1v) is 7.48. The van der Waals surface area contributed by atoms with Crippen molar-refractivity contribution in [3.05, 3.63) is 76.6 Å². The molecule has 2 aromatic carbocycles. The first-order chi connectivity index (χ1) is 11.8. The van der Waals surface area contributed by atoms with Gasteiger partial charge in [-0.3, -0.25) is 9.59 Å². The molecule has 1 aromatic heterocycles. The van der Waals surface area contributed by atoms with Crippen LogP contribution in [0.2, 0.25) is 0 Å². The number of hydrogen-bond donors (Lipinski definition) is 0. The molecule has 0 amide bonds. The zero-order valence-corrected chi connectivity index (χ0v) is 13.3. The van der Waals surface area contributed by atoms with E-state index in [4.69, 9.17) is 9.15 Å². The number of fused-ring (bicyclic) bond motifs is 1. The monoisotopic (exact) mass is 326 g/mol. The Morgan fingerprint density at radius 3 is 2.42 bits per heavy atom. The predicted molar refractivity (Wildman–Crippen MR) is 90.9 cm³/mol. The highest BCUT2D eigenvalue weighted by Gasteiger charge is 2.07. The quantitative estimate of drug-likeness (QED) is 0.671. The standard InChI is InChI=1S/C16H12O3.C3H6O2/c17-16-13-8-4-5-9-14(13)19-11-15(16)18-10-12-6-2-1-3-7-12;1-2-5-3-4/h1-9,11H,10H2;3H,2H2,1H3. The molecule has 0 spiro atoms. The van der Waals surface area contributed by atoms with Crippen LogP contribution in [-0.4, -0.2) is 13.1 Å². The summed E-state index contributed by atoms with van der Waals surface area (Å²) in [4.78, 5) is 21.3. The van der Waals surface area contributed by atoms with E-state index < -0.39 is 0 Å². The van der Waals surface area contributed by atoms with Gasteiger partial charge in [-0.05, 0) is 24.6 Å². The van der Waals surface area contributed by atoms with E-state index >= 15 is 0 Å². The molecule has 0 saturated heterocycles. The zero-order chi connectivity index (χ0) is 17.2. The van der Waals surface area contributed by atoms with Gasteiger partial charge in [0.25, 0.3) is 6.47 Å². The van der Waals surface area contributed by atoms with E-state index in [2.05, 4.69) is 4.74 Å². The average Bonchev–Trinajstić information content (AvgIpc) is 2.63. The number of carbonyl (C=O) groups excluding carboxylic acids is 1. The molecule has 5 nitrogen and oxygen atoms in total. The average molecular weight is 326 g/mol. The minimum absolute atomic E-state index is 0.141. The number of benzene rings is 2. The second-order valence-electron chi connectivity index (χ2n) is 4.75. The highest BCUT2D eigenvalue weighted by molar-refractivity contribution is 5.77. The molecule has 124 valence electrons. The lowest BCUT2D eigenvalue weighted by Crippen LogP contribution is -2.07. The Hall–Kier alpha value is -3.08. The minimum Gasteiger partial charge on any atom is -0.482 e. The Labute approximate surface area is 139 Å². The highest BCUT2D eigenvalue weighted by atomic mass is 16.5. The summed E-state index contributed by atoms with van der Waals surface area (Å²) in [6.45, 7) is 3.02. The third kappa shape index (κ3) is 4.71. The summed E-state index contributed by atoms with van der Waals surface area (Å²) < 4.78 is 15.1. The van der Waals surface area contributed by atoms with Crippen LogP contribution in [0.5, 0.6) is 5.75 Å². The van der Waals surface area contributed by atoms with Crippen LogP contribution in [-0.2, 0) is 16.1 Å². The molecule has 0 atom stereocenters. The number of ether oxygens (including phenoxy) is 2. The molecule has 0 aliphatic heterocycles. The van der Waals surface area contributed by atoms with E-state index in [1.54, 1.807) is 25.1 Å². The van der Waals surface area contributed by atoms with Crippen molar-refractivity contribution in [1.29, 1.82) is 0 Å². The lowest BCUT2D eigenvalue weighted by Gasteiger charge is -2.05. The van der Waals surface area contributed by atoms with Crippen molar-refractivity contribution in [3.8, 4) is 5.75 Å². The SMILES string of the molecule is CCOC=O.O=c1c(OCc2ccccc2)coc2ccccc12. The molecule has 3 aromatic rings. The maximum atomic E-state index is 12.2. The molecule has 0 aliphatic carbocycles. The number of para-hydroxylation sites is 1. The third-order valence-electron chi connectivity index (χ3n) is 3.12. The summed E-state index contributed by atoms with van der Waals surface area (Å²) >= 11 is 0. The lowest BCUT2D eigenvalue weighted by atomic mass is 10.2. The van der Waals surface area contributed by atoms with E-state index in [1.165, 1.54) is 6.26 Å². The summed E-state index contributed by atoms with van der Waals surface area (Å²) in [5.74, 6) is 0.238. The van der Waals surface area contributed by atoms with Crippen molar-refractivity contribution in [2.45, 2.75) is 13.5 Å². The van der Waals surface area contributed by atoms with Gasteiger partial charge in [0.2, 0.25) is 11.2 Å². The highest BCUT2D eigenvalue weighted by Crippen LogP contribution is 2.15. The van der Waals surface area contributed by atoms with Crippen LogP contribution in [0, 0.1) is 0 Å². The van der Waals surface area contributed by atoms with Crippen LogP contribution in [0.1, 0.15) is 12.5 Å². The van der Waals surface area contributed by atoms with Gasteiger partial charge in [-0.25, -0.2) is 0 Å². The van der Waals surface area contributed by atoms with Crippen molar-refractivity contribution in [1.82, 2.24) is 0 Å². The molecule has 3 rings (SSSR count). The van der Waals surface area contributed by atoms with E-state index in [0.717, 1.165) is 5.56 Å². The van der Waals surface area contributed by atoms with Gasteiger partial charge in [0.05, 0.1) is 12.0 Å². The van der Waals surface area contributed by atoms with Crippen molar-refractivity contribution >= 4 is 17.4 Å². The van der Waals surface area contributed by atoms with Crippen LogP contribution < -0.4 is 10.2 Å². The second-order valence-corrected chi connectivity index (χ2v) is 4.75. The molecule has 0 N–H and O–H groups in total. The summed E-state index contributed by atoms with van der Waals surface area (Å²) in [5, 5.41) is 0.535. The molecule has 0 aliphatic rings. The normalized spacial score (nSPS) is 9.71. The van der Waals surface area contributed by atoms with Crippen molar-refractivity contribution in [3.63, 3.8) is 0 Å². The van der Waals surface area contributed by atoms with E-state index in [1.807, 2.05) is 36.4 Å². The summed E-state index contributed by atoms with van der Waals surface area (Å²) in [5.41, 5.74) is 1.44. The van der Waals surface area contributed by atoms with Crippen molar-refractivity contribution in [2.24, 2.45) is 0 Å². The number of hydrogen-bond acceptors (Lipinski definition) is 5. The van der Waals surface area contributed by atoms with Gasteiger partial charge in [0, 0.05) is 0 Å². The second kappa shape index (κ2) is 9.15. The fourth-order valence-electron chi connectivity index (χ4n) is 1.96. The zero-order valence-electron chi connectivity index (χ0n) is 13.3. The first-order valence-electron chi connectivity index (χ1n) is 7.48. The topological polar surface area (TPSA) is 65.7 Å².